The predicted molar refractivity (Wildman–Crippen MR) is 109 cm³/mol. The molecule has 0 bridgehead atoms. The fourth-order valence-electron chi connectivity index (χ4n) is 2.68. The van der Waals surface area contributed by atoms with Crippen molar-refractivity contribution in [2.45, 2.75) is 44.4 Å². The molecule has 0 fully saturated rings. The summed E-state index contributed by atoms with van der Waals surface area (Å²) >= 11 is 0. The van der Waals surface area contributed by atoms with Crippen LogP contribution in [-0.4, -0.2) is 31.7 Å². The van der Waals surface area contributed by atoms with E-state index in [1.165, 1.54) is 40.7 Å². The lowest BCUT2D eigenvalue weighted by molar-refractivity contribution is 0.102. The fraction of sp³-hybridized carbons (Fsp3) is 0.381. The molecule has 2 rings (SSSR count). The van der Waals surface area contributed by atoms with E-state index in [4.69, 9.17) is 0 Å². The third-order valence-electron chi connectivity index (χ3n) is 4.38. The molecule has 0 saturated heterocycles. The van der Waals surface area contributed by atoms with Crippen LogP contribution in [-0.2, 0) is 10.0 Å². The van der Waals surface area contributed by atoms with Gasteiger partial charge in [0, 0.05) is 24.3 Å². The van der Waals surface area contributed by atoms with Crippen molar-refractivity contribution in [1.82, 2.24) is 4.31 Å². The molecule has 0 saturated carbocycles. The largest absolute Gasteiger partial charge is 0.322 e. The highest BCUT2D eigenvalue weighted by atomic mass is 32.2. The summed E-state index contributed by atoms with van der Waals surface area (Å²) in [7, 11) is -3.57. The van der Waals surface area contributed by atoms with E-state index in [1.54, 1.807) is 12.1 Å². The summed E-state index contributed by atoms with van der Waals surface area (Å²) < 4.78 is 40.4. The summed E-state index contributed by atoms with van der Waals surface area (Å²) in [6, 6.07) is 11.3. The molecule has 1 amide bonds. The molecule has 0 aromatic heterocycles. The number of anilines is 1. The summed E-state index contributed by atoms with van der Waals surface area (Å²) in [5.41, 5.74) is 0.797. The lowest BCUT2D eigenvalue weighted by Crippen LogP contribution is -2.33. The second kappa shape index (κ2) is 10.3. The predicted octanol–water partition coefficient (Wildman–Crippen LogP) is 4.67. The number of halogens is 1. The van der Waals surface area contributed by atoms with Crippen molar-refractivity contribution in [3.8, 4) is 0 Å². The van der Waals surface area contributed by atoms with E-state index < -0.39 is 15.8 Å². The maximum absolute atomic E-state index is 13.0. The van der Waals surface area contributed by atoms with Gasteiger partial charge in [-0.25, -0.2) is 12.8 Å². The zero-order valence-electron chi connectivity index (χ0n) is 16.3. The Balaban J connectivity index is 2.12. The molecule has 0 unspecified atom stereocenters. The minimum absolute atomic E-state index is 0.208. The molecule has 5 nitrogen and oxygen atoms in total. The molecule has 0 aliphatic heterocycles. The first-order chi connectivity index (χ1) is 13.4. The van der Waals surface area contributed by atoms with Gasteiger partial charge in [-0.1, -0.05) is 26.7 Å². The molecular formula is C21H27FN2O3S. The van der Waals surface area contributed by atoms with Crippen LogP contribution in [0.1, 0.15) is 49.9 Å². The topological polar surface area (TPSA) is 66.5 Å². The van der Waals surface area contributed by atoms with E-state index in [0.717, 1.165) is 25.7 Å². The zero-order chi connectivity index (χ0) is 20.6. The van der Waals surface area contributed by atoms with E-state index in [2.05, 4.69) is 5.32 Å². The third kappa shape index (κ3) is 5.87. The van der Waals surface area contributed by atoms with E-state index in [9.17, 15) is 17.6 Å². The van der Waals surface area contributed by atoms with Crippen LogP contribution in [0.2, 0.25) is 0 Å². The lowest BCUT2D eigenvalue weighted by Gasteiger charge is -2.22. The number of sulfonamides is 1. The molecule has 0 aliphatic carbocycles. The summed E-state index contributed by atoms with van der Waals surface area (Å²) in [6.45, 7) is 5.07. The number of rotatable bonds is 10. The van der Waals surface area contributed by atoms with Crippen molar-refractivity contribution in [2.75, 3.05) is 18.4 Å². The summed E-state index contributed by atoms with van der Waals surface area (Å²) in [6.07, 6.45) is 3.47. The first kappa shape index (κ1) is 22.0. The smallest absolute Gasteiger partial charge is 0.255 e. The normalized spacial score (nSPS) is 11.6. The van der Waals surface area contributed by atoms with Gasteiger partial charge in [0.05, 0.1) is 4.90 Å². The van der Waals surface area contributed by atoms with E-state index >= 15 is 0 Å². The molecular weight excluding hydrogens is 379 g/mol. The number of amides is 1. The summed E-state index contributed by atoms with van der Waals surface area (Å²) in [5, 5.41) is 2.68. The van der Waals surface area contributed by atoms with Gasteiger partial charge in [0.1, 0.15) is 5.82 Å². The van der Waals surface area contributed by atoms with Crippen molar-refractivity contribution < 1.29 is 17.6 Å². The van der Waals surface area contributed by atoms with Crippen molar-refractivity contribution in [3.05, 3.63) is 59.9 Å². The molecule has 2 aromatic rings. The molecule has 152 valence electrons. The monoisotopic (exact) mass is 406 g/mol. The van der Waals surface area contributed by atoms with Crippen molar-refractivity contribution in [3.63, 3.8) is 0 Å². The van der Waals surface area contributed by atoms with E-state index in [1.807, 2.05) is 13.8 Å². The first-order valence-electron chi connectivity index (χ1n) is 9.55. The number of carbonyl (C=O) groups is 1. The Morgan fingerprint density at radius 1 is 0.929 bits per heavy atom. The van der Waals surface area contributed by atoms with Gasteiger partial charge in [0.15, 0.2) is 0 Å². The number of carbonyl (C=O) groups excluding carboxylic acids is 1. The van der Waals surface area contributed by atoms with E-state index in [-0.39, 0.29) is 10.8 Å². The van der Waals surface area contributed by atoms with Crippen LogP contribution >= 0.6 is 0 Å². The Bertz CT molecular complexity index is 858. The standard InChI is InChI=1S/C21H27FN2O3S/c1-3-5-15-24(16-6-4-2)28(26,27)20-13-11-19(12-14-20)23-21(25)17-7-9-18(22)10-8-17/h7-14H,3-6,15-16H2,1-2H3,(H,23,25). The molecule has 0 spiro atoms. The van der Waals surface area contributed by atoms with Gasteiger partial charge in [-0.05, 0) is 61.4 Å². The highest BCUT2D eigenvalue weighted by molar-refractivity contribution is 7.89. The van der Waals surface area contributed by atoms with Gasteiger partial charge in [0.25, 0.3) is 5.91 Å². The number of nitrogens with zero attached hydrogens (tertiary/aromatic N) is 1. The number of unbranched alkanes of at least 4 members (excludes halogenated alkanes) is 2. The summed E-state index contributed by atoms with van der Waals surface area (Å²) in [4.78, 5) is 12.4. The Morgan fingerprint density at radius 3 is 1.96 bits per heavy atom. The highest BCUT2D eigenvalue weighted by Crippen LogP contribution is 2.20. The molecule has 2 aromatic carbocycles. The molecule has 28 heavy (non-hydrogen) atoms. The molecule has 7 heteroatoms. The summed E-state index contributed by atoms with van der Waals surface area (Å²) in [5.74, 6) is -0.801. The third-order valence-corrected chi connectivity index (χ3v) is 6.29. The number of nitrogens with one attached hydrogen (secondary N) is 1. The molecule has 0 atom stereocenters. The van der Waals surface area contributed by atoms with Gasteiger partial charge < -0.3 is 5.32 Å². The molecule has 0 heterocycles. The SMILES string of the molecule is CCCCN(CCCC)S(=O)(=O)c1ccc(NC(=O)c2ccc(F)cc2)cc1. The Labute approximate surface area is 166 Å². The molecule has 0 aliphatic rings. The van der Waals surface area contributed by atoms with Crippen molar-refractivity contribution in [2.24, 2.45) is 0 Å². The van der Waals surface area contributed by atoms with Crippen molar-refractivity contribution in [1.29, 1.82) is 0 Å². The molecule has 1 N–H and O–H groups in total. The number of benzene rings is 2. The maximum atomic E-state index is 13.0. The van der Waals surface area contributed by atoms with Gasteiger partial charge in [0.2, 0.25) is 10.0 Å². The quantitative estimate of drug-likeness (QED) is 0.624. The highest BCUT2D eigenvalue weighted by Gasteiger charge is 2.23. The van der Waals surface area contributed by atoms with Crippen LogP contribution in [0.3, 0.4) is 0 Å². The fourth-order valence-corrected chi connectivity index (χ4v) is 4.20. The average Bonchev–Trinajstić information content (AvgIpc) is 2.68. The zero-order valence-corrected chi connectivity index (χ0v) is 17.1. The van der Waals surface area contributed by atoms with Crippen LogP contribution < -0.4 is 5.32 Å². The Kier molecular flexibility index (Phi) is 8.14. The average molecular weight is 407 g/mol. The van der Waals surface area contributed by atoms with Crippen LogP contribution in [0.15, 0.2) is 53.4 Å². The number of hydrogen-bond acceptors (Lipinski definition) is 3. The van der Waals surface area contributed by atoms with Crippen molar-refractivity contribution >= 4 is 21.6 Å². The van der Waals surface area contributed by atoms with Gasteiger partial charge in [-0.3, -0.25) is 4.79 Å². The maximum Gasteiger partial charge on any atom is 0.255 e. The van der Waals surface area contributed by atoms with Crippen LogP contribution in [0.5, 0.6) is 0 Å². The Morgan fingerprint density at radius 2 is 1.46 bits per heavy atom. The first-order valence-corrected chi connectivity index (χ1v) is 11.0. The second-order valence-electron chi connectivity index (χ2n) is 6.60. The Hall–Kier alpha value is -2.25. The lowest BCUT2D eigenvalue weighted by atomic mass is 10.2. The van der Waals surface area contributed by atoms with Crippen LogP contribution in [0.4, 0.5) is 10.1 Å². The molecule has 0 radical (unpaired) electrons. The van der Waals surface area contributed by atoms with Gasteiger partial charge in [-0.15, -0.1) is 0 Å². The minimum atomic E-state index is -3.57. The minimum Gasteiger partial charge on any atom is -0.322 e. The van der Waals surface area contributed by atoms with E-state index in [0.29, 0.717) is 24.3 Å². The van der Waals surface area contributed by atoms with Gasteiger partial charge >= 0.3 is 0 Å². The van der Waals surface area contributed by atoms with Gasteiger partial charge in [-0.2, -0.15) is 4.31 Å². The number of hydrogen-bond donors (Lipinski definition) is 1. The van der Waals surface area contributed by atoms with Crippen LogP contribution in [0.25, 0.3) is 0 Å². The van der Waals surface area contributed by atoms with Crippen LogP contribution in [0, 0.1) is 5.82 Å². The second-order valence-corrected chi connectivity index (χ2v) is 8.53.